The van der Waals surface area contributed by atoms with Gasteiger partial charge in [-0.05, 0) is 5.92 Å². The average Bonchev–Trinajstić information content (AvgIpc) is 1.61. The van der Waals surface area contributed by atoms with Crippen LogP contribution in [-0.2, 0) is 4.65 Å². The Bertz CT molecular complexity index is 38.7. The second-order valence-electron chi connectivity index (χ2n) is 1.82. The molecule has 0 unspecified atom stereocenters. The number of hydrogen-bond donors (Lipinski definition) is 0. The van der Waals surface area contributed by atoms with Crippen molar-refractivity contribution in [3.63, 3.8) is 0 Å². The van der Waals surface area contributed by atoms with Crippen molar-refractivity contribution in [1.82, 2.24) is 0 Å². The Balaban J connectivity index is 2.68. The number of rotatable bonds is 3. The van der Waals surface area contributed by atoms with Gasteiger partial charge in [0.05, 0.1) is 0 Å². The van der Waals surface area contributed by atoms with Crippen LogP contribution in [0.25, 0.3) is 0 Å². The molecule has 2 nitrogen and oxygen atoms in total. The summed E-state index contributed by atoms with van der Waals surface area (Å²) in [7, 11) is 0.472. The zero-order valence-corrected chi connectivity index (χ0v) is 4.68. The summed E-state index contributed by atoms with van der Waals surface area (Å²) in [5, 5.41) is 9.49. The van der Waals surface area contributed by atoms with E-state index in [1.807, 2.05) is 13.8 Å². The van der Waals surface area contributed by atoms with E-state index in [-0.39, 0.29) is 0 Å². The minimum Gasteiger partial charge on any atom is -0.861 e. The van der Waals surface area contributed by atoms with Gasteiger partial charge in [0, 0.05) is 6.61 Å². The Morgan fingerprint density at radius 1 is 1.71 bits per heavy atom. The molecule has 3 heteroatoms. The Kier molecular flexibility index (Phi) is 4.14. The van der Waals surface area contributed by atoms with Gasteiger partial charge >= 0.3 is 0 Å². The van der Waals surface area contributed by atoms with Gasteiger partial charge < -0.3 is 9.68 Å². The lowest BCUT2D eigenvalue weighted by Gasteiger charge is -2.06. The molecule has 0 N–H and O–H groups in total. The quantitative estimate of drug-likeness (QED) is 0.450. The highest BCUT2D eigenvalue weighted by Gasteiger charge is 1.86. The third kappa shape index (κ3) is 5.98. The summed E-state index contributed by atoms with van der Waals surface area (Å²) in [6, 6.07) is 0. The van der Waals surface area contributed by atoms with Crippen molar-refractivity contribution >= 4 is 7.69 Å². The monoisotopic (exact) mass is 100 g/mol. The lowest BCUT2D eigenvalue weighted by Crippen LogP contribution is -2.17. The Morgan fingerprint density at radius 2 is 2.29 bits per heavy atom. The molecular weight excluding hydrogens is 90.9 g/mol. The minimum absolute atomic E-state index is 0.449. The summed E-state index contributed by atoms with van der Waals surface area (Å²) in [5.41, 5.74) is 0. The van der Waals surface area contributed by atoms with Gasteiger partial charge in [-0.25, -0.2) is 0 Å². The molecule has 0 bridgehead atoms. The van der Waals surface area contributed by atoms with Gasteiger partial charge in [0.1, 0.15) is 0 Å². The van der Waals surface area contributed by atoms with E-state index >= 15 is 0 Å². The van der Waals surface area contributed by atoms with Crippen LogP contribution in [0.3, 0.4) is 0 Å². The first kappa shape index (κ1) is 6.98. The second-order valence-corrected chi connectivity index (χ2v) is 1.82. The van der Waals surface area contributed by atoms with Crippen molar-refractivity contribution in [1.29, 1.82) is 0 Å². The molecule has 0 rings (SSSR count). The molecule has 0 aromatic rings. The van der Waals surface area contributed by atoms with Crippen LogP contribution in [0.15, 0.2) is 0 Å². The fourth-order valence-electron chi connectivity index (χ4n) is 0.232. The van der Waals surface area contributed by atoms with E-state index in [4.69, 9.17) is 0 Å². The van der Waals surface area contributed by atoms with Crippen LogP contribution in [0.2, 0.25) is 0 Å². The lowest BCUT2D eigenvalue weighted by atomic mass is 10.2. The number of hydrogen-bond acceptors (Lipinski definition) is 2. The van der Waals surface area contributed by atoms with Gasteiger partial charge in [0.15, 0.2) is 7.69 Å². The zero-order chi connectivity index (χ0) is 5.70. The molecule has 0 saturated carbocycles. The van der Waals surface area contributed by atoms with E-state index in [0.717, 1.165) is 0 Å². The molecule has 0 atom stereocenters. The van der Waals surface area contributed by atoms with Gasteiger partial charge in [0.2, 0.25) is 0 Å². The van der Waals surface area contributed by atoms with Crippen molar-refractivity contribution in [3.05, 3.63) is 0 Å². The highest BCUT2D eigenvalue weighted by molar-refractivity contribution is 6.13. The summed E-state index contributed by atoms with van der Waals surface area (Å²) in [6.45, 7) is 4.51. The molecule has 0 aromatic heterocycles. The van der Waals surface area contributed by atoms with E-state index in [1.165, 1.54) is 0 Å². The van der Waals surface area contributed by atoms with Crippen molar-refractivity contribution in [3.8, 4) is 0 Å². The molecule has 7 heavy (non-hydrogen) atoms. The maximum absolute atomic E-state index is 9.49. The van der Waals surface area contributed by atoms with E-state index in [1.54, 1.807) is 0 Å². The molecule has 1 radical (unpaired) electrons. The fourth-order valence-corrected chi connectivity index (χ4v) is 0.232. The van der Waals surface area contributed by atoms with Crippen LogP contribution in [0.1, 0.15) is 13.8 Å². The van der Waals surface area contributed by atoms with E-state index < -0.39 is 0 Å². The first-order valence-electron chi connectivity index (χ1n) is 2.32. The maximum Gasteiger partial charge on any atom is 0.163 e. The normalized spacial score (nSPS) is 9.71. The van der Waals surface area contributed by atoms with Gasteiger partial charge in [-0.1, -0.05) is 13.8 Å². The smallest absolute Gasteiger partial charge is 0.163 e. The molecule has 0 aliphatic heterocycles. The van der Waals surface area contributed by atoms with Crippen LogP contribution in [0, 0.1) is 5.92 Å². The molecule has 0 aliphatic rings. The maximum atomic E-state index is 9.49. The van der Waals surface area contributed by atoms with Crippen molar-refractivity contribution in [2.75, 3.05) is 6.61 Å². The predicted molar refractivity (Wildman–Crippen MR) is 26.5 cm³/mol. The average molecular weight is 99.9 g/mol. The highest BCUT2D eigenvalue weighted by Crippen LogP contribution is 1.88. The third-order valence-electron chi connectivity index (χ3n) is 0.498. The topological polar surface area (TPSA) is 32.3 Å². The highest BCUT2D eigenvalue weighted by atomic mass is 16.5. The molecule has 0 amide bonds. The van der Waals surface area contributed by atoms with Gasteiger partial charge in [-0.15, -0.1) is 0 Å². The van der Waals surface area contributed by atoms with E-state index in [2.05, 4.69) is 4.65 Å². The summed E-state index contributed by atoms with van der Waals surface area (Å²) in [6.07, 6.45) is 0. The first-order valence-corrected chi connectivity index (χ1v) is 2.32. The summed E-state index contributed by atoms with van der Waals surface area (Å²) < 4.78 is 4.41. The fraction of sp³-hybridized carbons (Fsp3) is 1.00. The van der Waals surface area contributed by atoms with Crippen molar-refractivity contribution in [2.45, 2.75) is 13.8 Å². The largest absolute Gasteiger partial charge is 0.861 e. The van der Waals surface area contributed by atoms with Crippen molar-refractivity contribution in [2.24, 2.45) is 5.92 Å². The van der Waals surface area contributed by atoms with Crippen LogP contribution in [0.4, 0.5) is 0 Å². The Morgan fingerprint density at radius 3 is 2.43 bits per heavy atom. The molecule has 0 aromatic carbocycles. The first-order chi connectivity index (χ1) is 3.27. The van der Waals surface area contributed by atoms with E-state index in [9.17, 15) is 5.02 Å². The van der Waals surface area contributed by atoms with Gasteiger partial charge in [-0.2, -0.15) is 0 Å². The molecule has 0 heterocycles. The van der Waals surface area contributed by atoms with Gasteiger partial charge in [-0.3, -0.25) is 0 Å². The molecular formula is C4H9BO2-. The van der Waals surface area contributed by atoms with Gasteiger partial charge in [0.25, 0.3) is 0 Å². The van der Waals surface area contributed by atoms with Crippen LogP contribution < -0.4 is 5.02 Å². The Labute approximate surface area is 44.8 Å². The molecule has 0 spiro atoms. The van der Waals surface area contributed by atoms with Crippen molar-refractivity contribution < 1.29 is 9.68 Å². The third-order valence-corrected chi connectivity index (χ3v) is 0.498. The predicted octanol–water partition coefficient (Wildman–Crippen LogP) is -0.447. The standard InChI is InChI=1S/C4H9BO2/c1-4(2)3-7-5-6/h4H,3H2,1-2H3/q-1. The SMILES string of the molecule is CC(C)CO[B][O-]. The lowest BCUT2D eigenvalue weighted by molar-refractivity contribution is -0.207. The second kappa shape index (κ2) is 4.15. The summed E-state index contributed by atoms with van der Waals surface area (Å²) in [5.74, 6) is 0.449. The molecule has 0 aliphatic carbocycles. The molecule has 41 valence electrons. The van der Waals surface area contributed by atoms with E-state index in [0.29, 0.717) is 20.2 Å². The summed E-state index contributed by atoms with van der Waals surface area (Å²) in [4.78, 5) is 0. The minimum atomic E-state index is 0.449. The summed E-state index contributed by atoms with van der Waals surface area (Å²) >= 11 is 0. The Hall–Kier alpha value is -0.0151. The van der Waals surface area contributed by atoms with Crippen LogP contribution in [-0.4, -0.2) is 14.3 Å². The molecule has 0 saturated heterocycles. The molecule has 0 fully saturated rings. The van der Waals surface area contributed by atoms with Crippen LogP contribution >= 0.6 is 0 Å². The zero-order valence-electron chi connectivity index (χ0n) is 4.68. The van der Waals surface area contributed by atoms with Crippen LogP contribution in [0.5, 0.6) is 0 Å².